The quantitative estimate of drug-likeness (QED) is 0.404. The van der Waals surface area contributed by atoms with E-state index in [1.807, 2.05) is 36.4 Å². The summed E-state index contributed by atoms with van der Waals surface area (Å²) < 4.78 is 12.7. The van der Waals surface area contributed by atoms with Crippen molar-refractivity contribution >= 4 is 34.8 Å². The molecule has 0 saturated heterocycles. The Hall–Kier alpha value is -3.29. The number of hydrogen-bond donors (Lipinski definition) is 1. The van der Waals surface area contributed by atoms with Crippen molar-refractivity contribution in [3.63, 3.8) is 0 Å². The number of para-hydroxylation sites is 1. The number of carbonyl (C=O) groups is 1. The molecule has 0 radical (unpaired) electrons. The normalized spacial score (nSPS) is 10.8. The number of hydrogen-bond acceptors (Lipinski definition) is 5. The summed E-state index contributed by atoms with van der Waals surface area (Å²) in [6, 6.07) is 14.6. The molecule has 7 nitrogen and oxygen atoms in total. The van der Waals surface area contributed by atoms with Gasteiger partial charge in [0.2, 0.25) is 0 Å². The number of carbonyl (C=O) groups excluding carboxylic acids is 1. The lowest BCUT2D eigenvalue weighted by molar-refractivity contribution is 0.101. The summed E-state index contributed by atoms with van der Waals surface area (Å²) >= 11 is 12.1. The minimum atomic E-state index is -0.420. The smallest absolute Gasteiger partial charge is 0.278 e. The Morgan fingerprint density at radius 3 is 2.84 bits per heavy atom. The molecule has 0 fully saturated rings. The maximum atomic E-state index is 12.8. The van der Waals surface area contributed by atoms with Crippen LogP contribution in [0.1, 0.15) is 27.4 Å². The Morgan fingerprint density at radius 2 is 2.03 bits per heavy atom. The van der Waals surface area contributed by atoms with Crippen molar-refractivity contribution in [2.24, 2.45) is 0 Å². The highest BCUT2D eigenvalue weighted by molar-refractivity contribution is 6.32. The minimum Gasteiger partial charge on any atom is -0.487 e. The van der Waals surface area contributed by atoms with Crippen molar-refractivity contribution in [3.8, 4) is 5.75 Å². The first-order valence-corrected chi connectivity index (χ1v) is 10.2. The van der Waals surface area contributed by atoms with Gasteiger partial charge in [-0.2, -0.15) is 5.10 Å². The molecule has 0 saturated carbocycles. The van der Waals surface area contributed by atoms with Crippen LogP contribution in [0.5, 0.6) is 5.75 Å². The number of benzene rings is 2. The molecule has 2 aromatic heterocycles. The molecule has 0 aliphatic rings. The van der Waals surface area contributed by atoms with Crippen LogP contribution in [0.25, 0.3) is 0 Å². The summed E-state index contributed by atoms with van der Waals surface area (Å²) in [7, 11) is 0. The van der Waals surface area contributed by atoms with Crippen LogP contribution in [0.3, 0.4) is 0 Å². The van der Waals surface area contributed by atoms with Crippen LogP contribution in [-0.2, 0) is 13.2 Å². The van der Waals surface area contributed by atoms with E-state index in [2.05, 4.69) is 15.6 Å². The van der Waals surface area contributed by atoms with E-state index in [0.29, 0.717) is 39.4 Å². The third-order valence-electron chi connectivity index (χ3n) is 4.53. The Morgan fingerprint density at radius 1 is 1.19 bits per heavy atom. The van der Waals surface area contributed by atoms with Gasteiger partial charge in [-0.3, -0.25) is 9.48 Å². The second-order valence-electron chi connectivity index (χ2n) is 6.80. The number of amides is 1. The summed E-state index contributed by atoms with van der Waals surface area (Å²) in [5.41, 5.74) is 2.22. The molecule has 9 heteroatoms. The van der Waals surface area contributed by atoms with Crippen molar-refractivity contribution in [1.29, 1.82) is 0 Å². The van der Waals surface area contributed by atoms with E-state index in [1.54, 1.807) is 36.1 Å². The molecule has 1 N–H and O–H groups in total. The summed E-state index contributed by atoms with van der Waals surface area (Å²) in [6.07, 6.45) is 3.29. The van der Waals surface area contributed by atoms with Crippen LogP contribution in [0.2, 0.25) is 10.0 Å². The van der Waals surface area contributed by atoms with Crippen LogP contribution in [-0.4, -0.2) is 20.8 Å². The number of halogens is 2. The minimum absolute atomic E-state index is 0.0931. The lowest BCUT2D eigenvalue weighted by Crippen LogP contribution is -2.15. The predicted octanol–water partition coefficient (Wildman–Crippen LogP) is 5.37. The number of rotatable bonds is 7. The van der Waals surface area contributed by atoms with E-state index >= 15 is 0 Å². The molecule has 4 aromatic rings. The van der Waals surface area contributed by atoms with Gasteiger partial charge >= 0.3 is 0 Å². The SMILES string of the molecule is Cc1onc(C(=O)Nc2cnn(Cc3cccc(Cl)c3)c2)c1COc1ccccc1Cl. The van der Waals surface area contributed by atoms with Gasteiger partial charge in [-0.15, -0.1) is 0 Å². The lowest BCUT2D eigenvalue weighted by Gasteiger charge is -2.08. The molecule has 0 atom stereocenters. The van der Waals surface area contributed by atoms with E-state index in [1.165, 1.54) is 0 Å². The maximum absolute atomic E-state index is 12.8. The largest absolute Gasteiger partial charge is 0.487 e. The molecule has 4 rings (SSSR count). The molecule has 0 bridgehead atoms. The van der Waals surface area contributed by atoms with Gasteiger partial charge in [0.1, 0.15) is 18.1 Å². The molecular weight excluding hydrogens is 439 g/mol. The van der Waals surface area contributed by atoms with Crippen molar-refractivity contribution < 1.29 is 14.1 Å². The third kappa shape index (κ3) is 5.07. The fourth-order valence-electron chi connectivity index (χ4n) is 2.98. The molecular formula is C22H18Cl2N4O3. The molecule has 158 valence electrons. The average molecular weight is 457 g/mol. The van der Waals surface area contributed by atoms with Crippen molar-refractivity contribution in [2.75, 3.05) is 5.32 Å². The van der Waals surface area contributed by atoms with Gasteiger partial charge < -0.3 is 14.6 Å². The molecule has 2 heterocycles. The van der Waals surface area contributed by atoms with Gasteiger partial charge in [0.15, 0.2) is 5.69 Å². The van der Waals surface area contributed by atoms with Crippen LogP contribution >= 0.6 is 23.2 Å². The zero-order chi connectivity index (χ0) is 21.8. The second kappa shape index (κ2) is 9.24. The van der Waals surface area contributed by atoms with Crippen LogP contribution in [0.4, 0.5) is 5.69 Å². The summed E-state index contributed by atoms with van der Waals surface area (Å²) in [5.74, 6) is 0.587. The molecule has 0 aliphatic carbocycles. The van der Waals surface area contributed by atoms with E-state index in [4.69, 9.17) is 32.5 Å². The number of nitrogens with one attached hydrogen (secondary N) is 1. The van der Waals surface area contributed by atoms with Crippen LogP contribution < -0.4 is 10.1 Å². The summed E-state index contributed by atoms with van der Waals surface area (Å²) in [6.45, 7) is 2.34. The van der Waals surface area contributed by atoms with E-state index in [-0.39, 0.29) is 12.3 Å². The number of nitrogens with zero attached hydrogens (tertiary/aromatic N) is 3. The van der Waals surface area contributed by atoms with E-state index in [9.17, 15) is 4.79 Å². The Labute approximate surface area is 188 Å². The highest BCUT2D eigenvalue weighted by atomic mass is 35.5. The van der Waals surface area contributed by atoms with Gasteiger partial charge in [0.25, 0.3) is 5.91 Å². The lowest BCUT2D eigenvalue weighted by atomic mass is 10.2. The monoisotopic (exact) mass is 456 g/mol. The third-order valence-corrected chi connectivity index (χ3v) is 5.08. The Balaban J connectivity index is 1.43. The Bertz CT molecular complexity index is 1220. The van der Waals surface area contributed by atoms with Gasteiger partial charge in [-0.1, -0.05) is 52.6 Å². The van der Waals surface area contributed by atoms with E-state index < -0.39 is 5.91 Å². The second-order valence-corrected chi connectivity index (χ2v) is 7.64. The zero-order valence-corrected chi connectivity index (χ0v) is 18.0. The zero-order valence-electron chi connectivity index (χ0n) is 16.5. The molecule has 0 aliphatic heterocycles. The number of aromatic nitrogens is 3. The van der Waals surface area contributed by atoms with Crippen molar-refractivity contribution in [1.82, 2.24) is 14.9 Å². The molecule has 2 aromatic carbocycles. The first-order chi connectivity index (χ1) is 15.0. The first-order valence-electron chi connectivity index (χ1n) is 9.40. The highest BCUT2D eigenvalue weighted by Gasteiger charge is 2.21. The number of ether oxygens (including phenoxy) is 1. The average Bonchev–Trinajstić information content (AvgIpc) is 3.33. The molecule has 0 unspecified atom stereocenters. The van der Waals surface area contributed by atoms with E-state index in [0.717, 1.165) is 5.56 Å². The predicted molar refractivity (Wildman–Crippen MR) is 118 cm³/mol. The van der Waals surface area contributed by atoms with Gasteiger partial charge in [-0.25, -0.2) is 0 Å². The summed E-state index contributed by atoms with van der Waals surface area (Å²) in [5, 5.41) is 12.1. The molecule has 1 amide bonds. The number of aryl methyl sites for hydroxylation is 1. The van der Waals surface area contributed by atoms with Gasteiger partial charge in [-0.05, 0) is 36.8 Å². The number of anilines is 1. The van der Waals surface area contributed by atoms with Gasteiger partial charge in [0.05, 0.1) is 29.0 Å². The van der Waals surface area contributed by atoms with Gasteiger partial charge in [0, 0.05) is 11.2 Å². The maximum Gasteiger partial charge on any atom is 0.278 e. The summed E-state index contributed by atoms with van der Waals surface area (Å²) in [4.78, 5) is 12.8. The topological polar surface area (TPSA) is 82.2 Å². The molecule has 0 spiro atoms. The van der Waals surface area contributed by atoms with Crippen molar-refractivity contribution in [2.45, 2.75) is 20.1 Å². The van der Waals surface area contributed by atoms with Crippen LogP contribution in [0, 0.1) is 6.92 Å². The highest BCUT2D eigenvalue weighted by Crippen LogP contribution is 2.25. The molecule has 31 heavy (non-hydrogen) atoms. The fourth-order valence-corrected chi connectivity index (χ4v) is 3.38. The standard InChI is InChI=1S/C22H18Cl2N4O3/c1-14-18(13-30-20-8-3-2-7-19(20)24)21(27-31-14)22(29)26-17-10-25-28(12-17)11-15-5-4-6-16(23)9-15/h2-10,12H,11,13H2,1H3,(H,26,29). The Kier molecular flexibility index (Phi) is 6.25. The first kappa shape index (κ1) is 21.0. The van der Waals surface area contributed by atoms with Crippen molar-refractivity contribution in [3.05, 3.63) is 93.6 Å². The fraction of sp³-hybridized carbons (Fsp3) is 0.136. The van der Waals surface area contributed by atoms with Crippen LogP contribution in [0.15, 0.2) is 65.4 Å².